The Hall–Kier alpha value is -0.0800. The molecule has 1 aliphatic rings. The average molecular weight is 227 g/mol. The molecular weight excluding hydrogens is 198 g/mol. The van der Waals surface area contributed by atoms with E-state index in [9.17, 15) is 0 Å². The third-order valence-corrected chi connectivity index (χ3v) is 3.57. The standard InChI is InChI=1S/C14H29NO/c1-3-5-8-13(4-2)15-11-10-14-9-6-7-12-16-14/h13-15H,3-12H2,1-2H3. The van der Waals surface area contributed by atoms with E-state index in [1.807, 2.05) is 0 Å². The van der Waals surface area contributed by atoms with Gasteiger partial charge in [-0.3, -0.25) is 0 Å². The second-order valence-electron chi connectivity index (χ2n) is 4.98. The molecule has 0 spiro atoms. The smallest absolute Gasteiger partial charge is 0.0587 e. The quantitative estimate of drug-likeness (QED) is 0.685. The third kappa shape index (κ3) is 5.86. The lowest BCUT2D eigenvalue weighted by atomic mass is 10.0. The zero-order valence-corrected chi connectivity index (χ0v) is 11.1. The first kappa shape index (κ1) is 14.0. The summed E-state index contributed by atoms with van der Waals surface area (Å²) >= 11 is 0. The highest BCUT2D eigenvalue weighted by atomic mass is 16.5. The summed E-state index contributed by atoms with van der Waals surface area (Å²) in [6, 6.07) is 0.726. The van der Waals surface area contributed by atoms with Crippen LogP contribution >= 0.6 is 0 Å². The van der Waals surface area contributed by atoms with E-state index < -0.39 is 0 Å². The van der Waals surface area contributed by atoms with Gasteiger partial charge in [0.15, 0.2) is 0 Å². The van der Waals surface area contributed by atoms with Crippen LogP contribution in [0, 0.1) is 0 Å². The number of hydrogen-bond acceptors (Lipinski definition) is 2. The topological polar surface area (TPSA) is 21.3 Å². The van der Waals surface area contributed by atoms with Crippen molar-refractivity contribution in [2.24, 2.45) is 0 Å². The molecule has 0 aromatic heterocycles. The highest BCUT2D eigenvalue weighted by Gasteiger charge is 2.13. The molecule has 0 aromatic carbocycles. The van der Waals surface area contributed by atoms with E-state index in [-0.39, 0.29) is 0 Å². The molecule has 0 radical (unpaired) electrons. The van der Waals surface area contributed by atoms with Gasteiger partial charge in [-0.25, -0.2) is 0 Å². The molecule has 1 saturated heterocycles. The predicted octanol–water partition coefficient (Wildman–Crippen LogP) is 3.50. The number of rotatable bonds is 8. The molecule has 2 unspecified atom stereocenters. The van der Waals surface area contributed by atoms with Gasteiger partial charge in [-0.1, -0.05) is 26.7 Å². The summed E-state index contributed by atoms with van der Waals surface area (Å²) in [5.41, 5.74) is 0. The molecule has 0 aliphatic carbocycles. The molecule has 0 amide bonds. The molecule has 1 rings (SSSR count). The van der Waals surface area contributed by atoms with Crippen molar-refractivity contribution in [2.45, 2.75) is 77.4 Å². The van der Waals surface area contributed by atoms with E-state index >= 15 is 0 Å². The number of unbranched alkanes of at least 4 members (excludes halogenated alkanes) is 1. The van der Waals surface area contributed by atoms with Crippen LogP contribution in [0.1, 0.15) is 65.2 Å². The summed E-state index contributed by atoms with van der Waals surface area (Å²) in [6.07, 6.45) is 10.9. The van der Waals surface area contributed by atoms with Crippen molar-refractivity contribution < 1.29 is 4.74 Å². The Morgan fingerprint density at radius 2 is 2.19 bits per heavy atom. The van der Waals surface area contributed by atoms with Gasteiger partial charge in [0, 0.05) is 12.6 Å². The van der Waals surface area contributed by atoms with E-state index in [0.29, 0.717) is 6.10 Å². The van der Waals surface area contributed by atoms with Crippen molar-refractivity contribution in [1.29, 1.82) is 0 Å². The van der Waals surface area contributed by atoms with Gasteiger partial charge < -0.3 is 10.1 Å². The van der Waals surface area contributed by atoms with Crippen LogP contribution in [0.2, 0.25) is 0 Å². The SMILES string of the molecule is CCCCC(CC)NCCC1CCCCO1. The Morgan fingerprint density at radius 1 is 1.31 bits per heavy atom. The lowest BCUT2D eigenvalue weighted by Gasteiger charge is -2.24. The second-order valence-corrected chi connectivity index (χ2v) is 4.98. The molecule has 0 aromatic rings. The maximum absolute atomic E-state index is 5.73. The van der Waals surface area contributed by atoms with E-state index in [0.717, 1.165) is 19.2 Å². The molecule has 96 valence electrons. The maximum Gasteiger partial charge on any atom is 0.0587 e. The van der Waals surface area contributed by atoms with Gasteiger partial charge in [0.2, 0.25) is 0 Å². The normalized spacial score (nSPS) is 23.2. The lowest BCUT2D eigenvalue weighted by Crippen LogP contribution is -2.32. The Kier molecular flexibility index (Phi) is 7.87. The zero-order chi connectivity index (χ0) is 11.6. The van der Waals surface area contributed by atoms with Crippen molar-refractivity contribution in [3.05, 3.63) is 0 Å². The second kappa shape index (κ2) is 9.00. The summed E-state index contributed by atoms with van der Waals surface area (Å²) in [7, 11) is 0. The Balaban J connectivity index is 2.02. The summed E-state index contributed by atoms with van der Waals surface area (Å²) in [6.45, 7) is 6.66. The van der Waals surface area contributed by atoms with Crippen LogP contribution in [0.4, 0.5) is 0 Å². The van der Waals surface area contributed by atoms with Crippen LogP contribution < -0.4 is 5.32 Å². The van der Waals surface area contributed by atoms with Gasteiger partial charge in [0.05, 0.1) is 6.10 Å². The van der Waals surface area contributed by atoms with Crippen LogP contribution in [0.3, 0.4) is 0 Å². The monoisotopic (exact) mass is 227 g/mol. The van der Waals surface area contributed by atoms with Gasteiger partial charge in [0.25, 0.3) is 0 Å². The molecule has 1 heterocycles. The molecule has 2 heteroatoms. The maximum atomic E-state index is 5.73. The fraction of sp³-hybridized carbons (Fsp3) is 1.00. The van der Waals surface area contributed by atoms with Crippen molar-refractivity contribution in [2.75, 3.05) is 13.2 Å². The van der Waals surface area contributed by atoms with Gasteiger partial charge in [-0.2, -0.15) is 0 Å². The summed E-state index contributed by atoms with van der Waals surface area (Å²) in [5, 5.41) is 3.67. The van der Waals surface area contributed by atoms with E-state index in [1.54, 1.807) is 0 Å². The minimum atomic E-state index is 0.532. The minimum absolute atomic E-state index is 0.532. The highest BCUT2D eigenvalue weighted by molar-refractivity contribution is 4.69. The van der Waals surface area contributed by atoms with Gasteiger partial charge in [0.1, 0.15) is 0 Å². The Bertz CT molecular complexity index is 155. The lowest BCUT2D eigenvalue weighted by molar-refractivity contribution is 0.0111. The van der Waals surface area contributed by atoms with E-state index in [4.69, 9.17) is 4.74 Å². The van der Waals surface area contributed by atoms with Crippen molar-refractivity contribution in [3.8, 4) is 0 Å². The summed E-state index contributed by atoms with van der Waals surface area (Å²) in [4.78, 5) is 0. The minimum Gasteiger partial charge on any atom is -0.378 e. The first-order chi connectivity index (χ1) is 7.86. The molecule has 0 bridgehead atoms. The van der Waals surface area contributed by atoms with Gasteiger partial charge >= 0.3 is 0 Å². The molecule has 0 saturated carbocycles. The summed E-state index contributed by atoms with van der Waals surface area (Å²) in [5.74, 6) is 0. The van der Waals surface area contributed by atoms with Crippen LogP contribution in [0.15, 0.2) is 0 Å². The van der Waals surface area contributed by atoms with Crippen LogP contribution in [0.25, 0.3) is 0 Å². The first-order valence-corrected chi connectivity index (χ1v) is 7.21. The number of hydrogen-bond donors (Lipinski definition) is 1. The first-order valence-electron chi connectivity index (χ1n) is 7.21. The molecule has 2 nitrogen and oxygen atoms in total. The molecule has 1 N–H and O–H groups in total. The molecule has 2 atom stereocenters. The fourth-order valence-corrected chi connectivity index (χ4v) is 2.38. The number of nitrogens with one attached hydrogen (secondary N) is 1. The Labute approximate surface area is 101 Å². The van der Waals surface area contributed by atoms with E-state index in [2.05, 4.69) is 19.2 Å². The van der Waals surface area contributed by atoms with Crippen LogP contribution in [-0.4, -0.2) is 25.3 Å². The predicted molar refractivity (Wildman–Crippen MR) is 69.8 cm³/mol. The zero-order valence-electron chi connectivity index (χ0n) is 11.1. The van der Waals surface area contributed by atoms with Crippen molar-refractivity contribution in [1.82, 2.24) is 5.32 Å². The molecular formula is C14H29NO. The number of ether oxygens (including phenoxy) is 1. The van der Waals surface area contributed by atoms with E-state index in [1.165, 1.54) is 51.4 Å². The highest BCUT2D eigenvalue weighted by Crippen LogP contribution is 2.15. The fourth-order valence-electron chi connectivity index (χ4n) is 2.38. The van der Waals surface area contributed by atoms with Crippen LogP contribution in [0.5, 0.6) is 0 Å². The van der Waals surface area contributed by atoms with Crippen LogP contribution in [-0.2, 0) is 4.74 Å². The van der Waals surface area contributed by atoms with Gasteiger partial charge in [-0.05, 0) is 45.1 Å². The average Bonchev–Trinajstić information content (AvgIpc) is 2.35. The Morgan fingerprint density at radius 3 is 2.81 bits per heavy atom. The molecule has 1 fully saturated rings. The third-order valence-electron chi connectivity index (χ3n) is 3.57. The largest absolute Gasteiger partial charge is 0.378 e. The molecule has 16 heavy (non-hydrogen) atoms. The van der Waals surface area contributed by atoms with Gasteiger partial charge in [-0.15, -0.1) is 0 Å². The summed E-state index contributed by atoms with van der Waals surface area (Å²) < 4.78 is 5.73. The molecule has 1 aliphatic heterocycles. The van der Waals surface area contributed by atoms with Crippen molar-refractivity contribution in [3.63, 3.8) is 0 Å². The van der Waals surface area contributed by atoms with Crippen molar-refractivity contribution >= 4 is 0 Å².